The van der Waals surface area contributed by atoms with E-state index >= 15 is 0 Å². The molecule has 1 fully saturated rings. The lowest BCUT2D eigenvalue weighted by Gasteiger charge is -2.22. The number of hydrogen-bond donors (Lipinski definition) is 2. The normalized spacial score (nSPS) is 18.6. The molecule has 7 heteroatoms. The molecule has 2 rings (SSSR count). The molecular formula is C13H19ClN4O2. The van der Waals surface area contributed by atoms with Gasteiger partial charge in [-0.25, -0.2) is 4.98 Å². The fraction of sp³-hybridized carbons (Fsp3) is 0.615. The summed E-state index contributed by atoms with van der Waals surface area (Å²) in [5.41, 5.74) is 0. The molecule has 1 aromatic heterocycles. The molecule has 0 aromatic carbocycles. The van der Waals surface area contributed by atoms with Gasteiger partial charge in [0.25, 0.3) is 0 Å². The predicted molar refractivity (Wildman–Crippen MR) is 77.1 cm³/mol. The van der Waals surface area contributed by atoms with E-state index in [0.29, 0.717) is 18.2 Å². The molecule has 1 saturated heterocycles. The second-order valence-electron chi connectivity index (χ2n) is 4.86. The van der Waals surface area contributed by atoms with E-state index in [0.717, 1.165) is 19.5 Å². The number of nitrogens with zero attached hydrogens (tertiary/aromatic N) is 2. The summed E-state index contributed by atoms with van der Waals surface area (Å²) < 4.78 is 4.98. The van der Waals surface area contributed by atoms with Crippen LogP contribution in [0.5, 0.6) is 5.88 Å². The molecule has 1 aliphatic heterocycles. The molecular weight excluding hydrogens is 280 g/mol. The first-order chi connectivity index (χ1) is 9.67. The Morgan fingerprint density at radius 2 is 2.45 bits per heavy atom. The van der Waals surface area contributed by atoms with Crippen molar-refractivity contribution in [3.05, 3.63) is 11.2 Å². The maximum absolute atomic E-state index is 11.9. The number of nitrogens with one attached hydrogen (secondary N) is 2. The van der Waals surface area contributed by atoms with E-state index < -0.39 is 0 Å². The van der Waals surface area contributed by atoms with Gasteiger partial charge < -0.3 is 10.1 Å². The topological polar surface area (TPSA) is 76.1 Å². The van der Waals surface area contributed by atoms with Crippen molar-refractivity contribution in [1.29, 1.82) is 0 Å². The predicted octanol–water partition coefficient (Wildman–Crippen LogP) is 1.86. The van der Waals surface area contributed by atoms with Crippen LogP contribution in [0.2, 0.25) is 5.15 Å². The minimum Gasteiger partial charge on any atom is -0.481 e. The van der Waals surface area contributed by atoms with Crippen LogP contribution in [0.1, 0.15) is 25.7 Å². The fourth-order valence-corrected chi connectivity index (χ4v) is 2.42. The highest BCUT2D eigenvalue weighted by molar-refractivity contribution is 6.29. The highest BCUT2D eigenvalue weighted by Crippen LogP contribution is 2.18. The minimum atomic E-state index is -0.0973. The van der Waals surface area contributed by atoms with Crippen LogP contribution in [-0.2, 0) is 4.79 Å². The number of ether oxygens (including phenoxy) is 1. The number of halogens is 1. The van der Waals surface area contributed by atoms with E-state index in [9.17, 15) is 4.79 Å². The summed E-state index contributed by atoms with van der Waals surface area (Å²) in [5.74, 6) is 0.988. The molecule has 1 amide bonds. The zero-order valence-corrected chi connectivity index (χ0v) is 12.2. The number of hydrogen-bond acceptors (Lipinski definition) is 5. The van der Waals surface area contributed by atoms with Crippen molar-refractivity contribution in [3.63, 3.8) is 0 Å². The number of carbonyl (C=O) groups is 1. The molecule has 1 atom stereocenters. The van der Waals surface area contributed by atoms with E-state index in [1.165, 1.54) is 26.0 Å². The van der Waals surface area contributed by atoms with Gasteiger partial charge in [-0.1, -0.05) is 11.6 Å². The molecule has 1 aliphatic rings. The van der Waals surface area contributed by atoms with Crippen molar-refractivity contribution in [2.45, 2.75) is 25.7 Å². The van der Waals surface area contributed by atoms with Gasteiger partial charge in [-0.15, -0.1) is 0 Å². The Morgan fingerprint density at radius 3 is 3.15 bits per heavy atom. The SMILES string of the molecule is COc1cc(Cl)nc(NC(=O)CCC2CCCNC2)n1. The molecule has 0 spiro atoms. The third-order valence-electron chi connectivity index (χ3n) is 3.31. The van der Waals surface area contributed by atoms with Gasteiger partial charge in [0.05, 0.1) is 7.11 Å². The van der Waals surface area contributed by atoms with Gasteiger partial charge in [0.15, 0.2) is 0 Å². The lowest BCUT2D eigenvalue weighted by molar-refractivity contribution is -0.116. The summed E-state index contributed by atoms with van der Waals surface area (Å²) in [5, 5.41) is 6.23. The summed E-state index contributed by atoms with van der Waals surface area (Å²) in [6, 6.07) is 1.49. The van der Waals surface area contributed by atoms with Crippen LogP contribution in [-0.4, -0.2) is 36.1 Å². The molecule has 0 saturated carbocycles. The number of piperidine rings is 1. The molecule has 0 bridgehead atoms. The number of aromatic nitrogens is 2. The summed E-state index contributed by atoms with van der Waals surface area (Å²) >= 11 is 5.82. The summed E-state index contributed by atoms with van der Waals surface area (Å²) in [4.78, 5) is 19.8. The number of rotatable bonds is 5. The zero-order chi connectivity index (χ0) is 14.4. The minimum absolute atomic E-state index is 0.0973. The molecule has 2 heterocycles. The standard InChI is InChI=1S/C13H19ClN4O2/c1-20-12-7-10(14)16-13(18-12)17-11(19)5-4-9-3-2-6-15-8-9/h7,9,15H,2-6,8H2,1H3,(H,16,17,18,19). The first-order valence-corrected chi connectivity index (χ1v) is 7.14. The Balaban J connectivity index is 1.83. The van der Waals surface area contributed by atoms with E-state index in [4.69, 9.17) is 16.3 Å². The van der Waals surface area contributed by atoms with Crippen LogP contribution in [0.4, 0.5) is 5.95 Å². The van der Waals surface area contributed by atoms with Gasteiger partial charge in [0.2, 0.25) is 17.7 Å². The summed E-state index contributed by atoms with van der Waals surface area (Å²) in [6.07, 6.45) is 3.70. The lowest BCUT2D eigenvalue weighted by atomic mass is 9.94. The molecule has 0 aliphatic carbocycles. The van der Waals surface area contributed by atoms with Gasteiger partial charge >= 0.3 is 0 Å². The smallest absolute Gasteiger partial charge is 0.234 e. The van der Waals surface area contributed by atoms with Crippen LogP contribution < -0.4 is 15.4 Å². The van der Waals surface area contributed by atoms with Crippen LogP contribution in [0.25, 0.3) is 0 Å². The highest BCUT2D eigenvalue weighted by atomic mass is 35.5. The van der Waals surface area contributed by atoms with E-state index in [-0.39, 0.29) is 17.0 Å². The Hall–Kier alpha value is -1.40. The van der Waals surface area contributed by atoms with Gasteiger partial charge in [-0.05, 0) is 38.3 Å². The molecule has 20 heavy (non-hydrogen) atoms. The van der Waals surface area contributed by atoms with Crippen LogP contribution in [0.3, 0.4) is 0 Å². The first-order valence-electron chi connectivity index (χ1n) is 6.76. The molecule has 0 radical (unpaired) electrons. The number of anilines is 1. The second-order valence-corrected chi connectivity index (χ2v) is 5.24. The third-order valence-corrected chi connectivity index (χ3v) is 3.50. The Labute approximate surface area is 123 Å². The van der Waals surface area contributed by atoms with Crippen molar-refractivity contribution < 1.29 is 9.53 Å². The van der Waals surface area contributed by atoms with E-state index in [2.05, 4.69) is 20.6 Å². The molecule has 1 unspecified atom stereocenters. The number of carbonyl (C=O) groups excluding carboxylic acids is 1. The highest BCUT2D eigenvalue weighted by Gasteiger charge is 2.15. The van der Waals surface area contributed by atoms with Gasteiger partial charge in [-0.2, -0.15) is 4.98 Å². The largest absolute Gasteiger partial charge is 0.481 e. The summed E-state index contributed by atoms with van der Waals surface area (Å²) in [7, 11) is 1.49. The van der Waals surface area contributed by atoms with E-state index in [1.807, 2.05) is 0 Å². The second kappa shape index (κ2) is 7.40. The van der Waals surface area contributed by atoms with Crippen LogP contribution >= 0.6 is 11.6 Å². The van der Waals surface area contributed by atoms with Gasteiger partial charge in [0.1, 0.15) is 5.15 Å². The van der Waals surface area contributed by atoms with E-state index in [1.54, 1.807) is 0 Å². The Kier molecular flexibility index (Phi) is 5.55. The van der Waals surface area contributed by atoms with Crippen molar-refractivity contribution in [2.75, 3.05) is 25.5 Å². The van der Waals surface area contributed by atoms with Crippen molar-refractivity contribution in [3.8, 4) is 5.88 Å². The lowest BCUT2D eigenvalue weighted by Crippen LogP contribution is -2.30. The fourth-order valence-electron chi connectivity index (χ4n) is 2.25. The first kappa shape index (κ1) is 15.0. The maximum atomic E-state index is 11.9. The molecule has 6 nitrogen and oxygen atoms in total. The Bertz CT molecular complexity index is 464. The zero-order valence-electron chi connectivity index (χ0n) is 11.5. The molecule has 2 N–H and O–H groups in total. The monoisotopic (exact) mass is 298 g/mol. The quantitative estimate of drug-likeness (QED) is 0.812. The average molecular weight is 299 g/mol. The maximum Gasteiger partial charge on any atom is 0.234 e. The Morgan fingerprint density at radius 1 is 1.60 bits per heavy atom. The summed E-state index contributed by atoms with van der Waals surface area (Å²) in [6.45, 7) is 2.08. The van der Waals surface area contributed by atoms with Crippen LogP contribution in [0, 0.1) is 5.92 Å². The van der Waals surface area contributed by atoms with Gasteiger partial charge in [-0.3, -0.25) is 10.1 Å². The molecule has 110 valence electrons. The van der Waals surface area contributed by atoms with Crippen molar-refractivity contribution >= 4 is 23.5 Å². The average Bonchev–Trinajstić information content (AvgIpc) is 2.45. The van der Waals surface area contributed by atoms with Crippen LogP contribution in [0.15, 0.2) is 6.07 Å². The van der Waals surface area contributed by atoms with Crippen molar-refractivity contribution in [1.82, 2.24) is 15.3 Å². The molecule has 1 aromatic rings. The van der Waals surface area contributed by atoms with Gasteiger partial charge in [0, 0.05) is 12.5 Å². The van der Waals surface area contributed by atoms with Crippen molar-refractivity contribution in [2.24, 2.45) is 5.92 Å². The number of amides is 1. The third kappa shape index (κ3) is 4.61. The number of methoxy groups -OCH3 is 1.